The molecule has 1 amide bonds. The second-order valence-electron chi connectivity index (χ2n) is 8.31. The average Bonchev–Trinajstić information content (AvgIpc) is 3.02. The molecule has 0 aliphatic carbocycles. The lowest BCUT2D eigenvalue weighted by Gasteiger charge is -2.27. The molecule has 4 heteroatoms. The summed E-state index contributed by atoms with van der Waals surface area (Å²) in [5.41, 5.74) is 3.20. The van der Waals surface area contributed by atoms with E-state index in [9.17, 15) is 4.79 Å². The molecule has 2 saturated heterocycles. The standard InChI is InChI=1S/C24H29NO3/c1-24(17-28-22-9-5-6-14-27-22)16-21(25-23(24)26)15-18-10-12-20(13-11-18)19-7-3-2-4-8-19/h2-4,7-8,10-13,21-22H,5-6,9,14-17H2,1H3,(H,25,26)/t21?,22?,24-/m0/s1. The number of amides is 1. The van der Waals surface area contributed by atoms with Crippen LogP contribution in [0.15, 0.2) is 54.6 Å². The minimum atomic E-state index is -0.477. The molecule has 2 heterocycles. The molecule has 2 fully saturated rings. The maximum atomic E-state index is 12.6. The van der Waals surface area contributed by atoms with Gasteiger partial charge in [0, 0.05) is 12.6 Å². The molecule has 148 valence electrons. The minimum absolute atomic E-state index is 0.0919. The number of rotatable bonds is 6. The van der Waals surface area contributed by atoms with E-state index in [4.69, 9.17) is 9.47 Å². The van der Waals surface area contributed by atoms with Crippen molar-refractivity contribution in [1.29, 1.82) is 0 Å². The third kappa shape index (κ3) is 4.45. The van der Waals surface area contributed by atoms with Crippen molar-refractivity contribution in [2.45, 2.75) is 51.4 Å². The Bertz CT molecular complexity index is 783. The molecule has 2 unspecified atom stereocenters. The van der Waals surface area contributed by atoms with Crippen LogP contribution in [-0.4, -0.2) is 31.5 Å². The summed E-state index contributed by atoms with van der Waals surface area (Å²) in [6.07, 6.45) is 4.64. The number of carbonyl (C=O) groups excluding carboxylic acids is 1. The van der Waals surface area contributed by atoms with E-state index in [1.807, 2.05) is 13.0 Å². The number of hydrogen-bond donors (Lipinski definition) is 1. The Kier molecular flexibility index (Phi) is 5.79. The lowest BCUT2D eigenvalue weighted by atomic mass is 9.86. The van der Waals surface area contributed by atoms with Gasteiger partial charge in [-0.2, -0.15) is 0 Å². The van der Waals surface area contributed by atoms with E-state index in [-0.39, 0.29) is 18.2 Å². The van der Waals surface area contributed by atoms with Crippen LogP contribution in [0.3, 0.4) is 0 Å². The first-order valence-electron chi connectivity index (χ1n) is 10.3. The Morgan fingerprint density at radius 3 is 2.54 bits per heavy atom. The van der Waals surface area contributed by atoms with Crippen LogP contribution in [0.25, 0.3) is 11.1 Å². The van der Waals surface area contributed by atoms with Gasteiger partial charge in [0.1, 0.15) is 0 Å². The summed E-state index contributed by atoms with van der Waals surface area (Å²) in [4.78, 5) is 12.6. The molecular weight excluding hydrogens is 350 g/mol. The van der Waals surface area contributed by atoms with Crippen LogP contribution < -0.4 is 5.32 Å². The summed E-state index contributed by atoms with van der Waals surface area (Å²) >= 11 is 0. The number of carbonyl (C=O) groups is 1. The largest absolute Gasteiger partial charge is 0.353 e. The summed E-state index contributed by atoms with van der Waals surface area (Å²) < 4.78 is 11.6. The summed E-state index contributed by atoms with van der Waals surface area (Å²) in [6, 6.07) is 19.2. The van der Waals surface area contributed by atoms with Gasteiger partial charge in [-0.05, 0) is 55.7 Å². The zero-order chi connectivity index (χ0) is 19.4. The molecule has 4 nitrogen and oxygen atoms in total. The molecule has 2 aromatic carbocycles. The molecule has 3 atom stereocenters. The normalized spacial score (nSPS) is 27.5. The van der Waals surface area contributed by atoms with E-state index in [1.54, 1.807) is 0 Å². The van der Waals surface area contributed by atoms with Crippen LogP contribution in [-0.2, 0) is 20.7 Å². The van der Waals surface area contributed by atoms with Crippen molar-refractivity contribution in [3.63, 3.8) is 0 Å². The van der Waals surface area contributed by atoms with Crippen LogP contribution in [0, 0.1) is 5.41 Å². The molecule has 1 N–H and O–H groups in total. The van der Waals surface area contributed by atoms with Gasteiger partial charge in [0.2, 0.25) is 5.91 Å². The Morgan fingerprint density at radius 2 is 1.82 bits per heavy atom. The van der Waals surface area contributed by atoms with Gasteiger partial charge in [-0.1, -0.05) is 54.6 Å². The van der Waals surface area contributed by atoms with E-state index in [0.717, 1.165) is 38.7 Å². The molecule has 0 spiro atoms. The molecule has 0 saturated carbocycles. The van der Waals surface area contributed by atoms with Gasteiger partial charge in [-0.3, -0.25) is 4.79 Å². The van der Waals surface area contributed by atoms with E-state index in [2.05, 4.69) is 53.8 Å². The van der Waals surface area contributed by atoms with Gasteiger partial charge in [0.25, 0.3) is 0 Å². The first kappa shape index (κ1) is 19.2. The van der Waals surface area contributed by atoms with Crippen molar-refractivity contribution in [3.05, 3.63) is 60.2 Å². The zero-order valence-corrected chi connectivity index (χ0v) is 16.5. The summed E-state index contributed by atoms with van der Waals surface area (Å²) in [5, 5.41) is 3.17. The molecule has 2 aromatic rings. The van der Waals surface area contributed by atoms with Crippen molar-refractivity contribution in [3.8, 4) is 11.1 Å². The van der Waals surface area contributed by atoms with Gasteiger partial charge in [-0.25, -0.2) is 0 Å². The van der Waals surface area contributed by atoms with Crippen molar-refractivity contribution in [2.75, 3.05) is 13.2 Å². The SMILES string of the molecule is C[C@@]1(COC2CCCCO2)CC(Cc2ccc(-c3ccccc3)cc2)NC1=O. The van der Waals surface area contributed by atoms with Gasteiger partial charge < -0.3 is 14.8 Å². The fourth-order valence-corrected chi connectivity index (χ4v) is 4.16. The lowest BCUT2D eigenvalue weighted by Crippen LogP contribution is -2.36. The van der Waals surface area contributed by atoms with Gasteiger partial charge in [-0.15, -0.1) is 0 Å². The number of benzene rings is 2. The van der Waals surface area contributed by atoms with Crippen molar-refractivity contribution < 1.29 is 14.3 Å². The summed E-state index contributed by atoms with van der Waals surface area (Å²) in [7, 11) is 0. The van der Waals surface area contributed by atoms with Crippen LogP contribution in [0.5, 0.6) is 0 Å². The second-order valence-corrected chi connectivity index (χ2v) is 8.31. The topological polar surface area (TPSA) is 47.6 Å². The molecule has 0 bridgehead atoms. The first-order valence-corrected chi connectivity index (χ1v) is 10.3. The van der Waals surface area contributed by atoms with Crippen LogP contribution in [0.2, 0.25) is 0 Å². The average molecular weight is 380 g/mol. The van der Waals surface area contributed by atoms with Gasteiger partial charge >= 0.3 is 0 Å². The van der Waals surface area contributed by atoms with Crippen molar-refractivity contribution >= 4 is 5.91 Å². The highest BCUT2D eigenvalue weighted by molar-refractivity contribution is 5.85. The Morgan fingerprint density at radius 1 is 1.07 bits per heavy atom. The molecule has 2 aliphatic rings. The van der Waals surface area contributed by atoms with Crippen LogP contribution in [0.1, 0.15) is 38.2 Å². The predicted octanol–water partition coefficient (Wildman–Crippen LogP) is 4.33. The van der Waals surface area contributed by atoms with Crippen LogP contribution in [0.4, 0.5) is 0 Å². The van der Waals surface area contributed by atoms with Crippen molar-refractivity contribution in [2.24, 2.45) is 5.41 Å². The molecule has 0 radical (unpaired) electrons. The van der Waals surface area contributed by atoms with E-state index >= 15 is 0 Å². The smallest absolute Gasteiger partial charge is 0.228 e. The van der Waals surface area contributed by atoms with E-state index in [0.29, 0.717) is 6.61 Å². The molecular formula is C24H29NO3. The second kappa shape index (κ2) is 8.46. The van der Waals surface area contributed by atoms with Crippen molar-refractivity contribution in [1.82, 2.24) is 5.32 Å². The maximum absolute atomic E-state index is 12.6. The summed E-state index contributed by atoms with van der Waals surface area (Å²) in [6.45, 7) is 3.19. The monoisotopic (exact) mass is 379 g/mol. The fraction of sp³-hybridized carbons (Fsp3) is 0.458. The number of hydrogen-bond acceptors (Lipinski definition) is 3. The third-order valence-electron chi connectivity index (χ3n) is 5.85. The predicted molar refractivity (Wildman–Crippen MR) is 110 cm³/mol. The number of nitrogens with one attached hydrogen (secondary N) is 1. The Labute approximate surface area is 167 Å². The van der Waals surface area contributed by atoms with E-state index in [1.165, 1.54) is 16.7 Å². The quantitative estimate of drug-likeness (QED) is 0.812. The van der Waals surface area contributed by atoms with Gasteiger partial charge in [0.05, 0.1) is 12.0 Å². The van der Waals surface area contributed by atoms with Gasteiger partial charge in [0.15, 0.2) is 6.29 Å². The fourth-order valence-electron chi connectivity index (χ4n) is 4.16. The highest BCUT2D eigenvalue weighted by Gasteiger charge is 2.43. The molecule has 4 rings (SSSR count). The highest BCUT2D eigenvalue weighted by atomic mass is 16.7. The van der Waals surface area contributed by atoms with E-state index < -0.39 is 5.41 Å². The molecule has 2 aliphatic heterocycles. The first-order chi connectivity index (χ1) is 13.6. The lowest BCUT2D eigenvalue weighted by molar-refractivity contribution is -0.178. The minimum Gasteiger partial charge on any atom is -0.353 e. The van der Waals surface area contributed by atoms with Crippen LogP contribution >= 0.6 is 0 Å². The molecule has 28 heavy (non-hydrogen) atoms. The Balaban J connectivity index is 1.33. The Hall–Kier alpha value is -2.17. The maximum Gasteiger partial charge on any atom is 0.228 e. The third-order valence-corrected chi connectivity index (χ3v) is 5.85. The molecule has 0 aromatic heterocycles. The highest BCUT2D eigenvalue weighted by Crippen LogP contribution is 2.32. The summed E-state index contributed by atoms with van der Waals surface area (Å²) in [5.74, 6) is 0.0919. The number of ether oxygens (including phenoxy) is 2. The zero-order valence-electron chi connectivity index (χ0n) is 16.5.